The van der Waals surface area contributed by atoms with Crippen molar-refractivity contribution in [2.75, 3.05) is 26.2 Å². The molecule has 1 aromatic carbocycles. The Morgan fingerprint density at radius 2 is 1.84 bits per heavy atom. The van der Waals surface area contributed by atoms with Crippen LogP contribution < -0.4 is 5.32 Å². The highest BCUT2D eigenvalue weighted by molar-refractivity contribution is 5.99. The summed E-state index contributed by atoms with van der Waals surface area (Å²) in [7, 11) is 0. The Labute approximate surface area is 265 Å². The number of hydrogen-bond acceptors (Lipinski definition) is 7. The van der Waals surface area contributed by atoms with Crippen molar-refractivity contribution >= 4 is 23.7 Å². The lowest BCUT2D eigenvalue weighted by molar-refractivity contribution is -0.160. The van der Waals surface area contributed by atoms with Gasteiger partial charge in [0, 0.05) is 19.5 Å². The topological polar surface area (TPSA) is 125 Å². The highest BCUT2D eigenvalue weighted by Gasteiger charge is 2.74. The number of allylic oxidation sites excluding steroid dienone is 1. The van der Waals surface area contributed by atoms with E-state index in [0.29, 0.717) is 31.5 Å². The number of amides is 3. The number of ether oxygens (including phenoxy) is 2. The lowest BCUT2D eigenvalue weighted by atomic mass is 9.74. The molecule has 3 amide bonds. The van der Waals surface area contributed by atoms with Crippen molar-refractivity contribution in [1.29, 1.82) is 0 Å². The number of cyclic esters (lactones) is 1. The Hall–Kier alpha value is -3.50. The second kappa shape index (κ2) is 14.3. The number of benzene rings is 1. The average Bonchev–Trinajstić information content (AvgIpc) is 3.67. The van der Waals surface area contributed by atoms with Crippen molar-refractivity contribution < 1.29 is 33.8 Å². The number of aliphatic hydroxyl groups is 1. The Morgan fingerprint density at radius 3 is 2.56 bits per heavy atom. The summed E-state index contributed by atoms with van der Waals surface area (Å²) in [4.78, 5) is 59.2. The number of carbonyl (C=O) groups excluding carboxylic acids is 4. The summed E-state index contributed by atoms with van der Waals surface area (Å²) in [6.45, 7) is 6.68. The van der Waals surface area contributed by atoms with Crippen LogP contribution in [-0.2, 0) is 28.7 Å². The molecule has 0 aromatic heterocycles. The van der Waals surface area contributed by atoms with Crippen LogP contribution >= 0.6 is 0 Å². The lowest BCUT2D eigenvalue weighted by Crippen LogP contribution is -2.58. The minimum atomic E-state index is -1.36. The molecule has 0 unspecified atom stereocenters. The van der Waals surface area contributed by atoms with Gasteiger partial charge in [0.15, 0.2) is 0 Å². The SMILES string of the molecule is CCCCCN1C/C=C\CCC(=O)NC[C@H](c2ccccc2)OC(=O)[C@@H]2[C@H]3C(=O)N([C@@H](CO)CC(C)C)[C@H](C1=O)[C@]31C=C[C@H]2O1. The van der Waals surface area contributed by atoms with Crippen LogP contribution in [0.2, 0.25) is 0 Å². The molecule has 10 nitrogen and oxygen atoms in total. The summed E-state index contributed by atoms with van der Waals surface area (Å²) in [5.41, 5.74) is -0.643. The van der Waals surface area contributed by atoms with Crippen LogP contribution in [0.15, 0.2) is 54.6 Å². The molecule has 4 heterocycles. The van der Waals surface area contributed by atoms with Gasteiger partial charge in [-0.1, -0.05) is 88.2 Å². The molecular weight excluding hydrogens is 574 g/mol. The molecular formula is C35H47N3O7. The number of likely N-dealkylation sites (tertiary alicyclic amines) is 1. The molecule has 1 spiro atoms. The zero-order valence-corrected chi connectivity index (χ0v) is 26.6. The van der Waals surface area contributed by atoms with E-state index in [1.54, 1.807) is 17.1 Å². The molecule has 0 radical (unpaired) electrons. The number of fused-ring (bicyclic) bond motifs is 2. The zero-order chi connectivity index (χ0) is 32.1. The number of aliphatic hydroxyl groups excluding tert-OH is 1. The van der Waals surface area contributed by atoms with E-state index >= 15 is 0 Å². The highest BCUT2D eigenvalue weighted by Crippen LogP contribution is 2.56. The molecule has 10 heteroatoms. The van der Waals surface area contributed by atoms with Gasteiger partial charge in [-0.3, -0.25) is 19.2 Å². The van der Waals surface area contributed by atoms with Crippen LogP contribution in [0.25, 0.3) is 0 Å². The van der Waals surface area contributed by atoms with E-state index in [-0.39, 0.29) is 43.2 Å². The second-order valence-corrected chi connectivity index (χ2v) is 13.1. The Morgan fingerprint density at radius 1 is 1.07 bits per heavy atom. The monoisotopic (exact) mass is 621 g/mol. The molecule has 4 aliphatic rings. The van der Waals surface area contributed by atoms with E-state index in [4.69, 9.17) is 9.47 Å². The molecule has 5 rings (SSSR count). The molecule has 244 valence electrons. The molecule has 45 heavy (non-hydrogen) atoms. The first-order chi connectivity index (χ1) is 21.7. The summed E-state index contributed by atoms with van der Waals surface area (Å²) >= 11 is 0. The van der Waals surface area contributed by atoms with E-state index in [0.717, 1.165) is 19.3 Å². The second-order valence-electron chi connectivity index (χ2n) is 13.1. The fourth-order valence-electron chi connectivity index (χ4n) is 7.33. The number of rotatable bonds is 9. The normalized spacial score (nSPS) is 31.7. The van der Waals surface area contributed by atoms with Crippen LogP contribution in [0.3, 0.4) is 0 Å². The predicted octanol–water partition coefficient (Wildman–Crippen LogP) is 3.31. The molecule has 1 aromatic rings. The molecule has 4 aliphatic heterocycles. The lowest BCUT2D eigenvalue weighted by Gasteiger charge is -2.39. The van der Waals surface area contributed by atoms with E-state index in [2.05, 4.69) is 12.2 Å². The summed E-state index contributed by atoms with van der Waals surface area (Å²) in [6.07, 6.45) is 9.77. The van der Waals surface area contributed by atoms with E-state index in [1.165, 1.54) is 4.90 Å². The largest absolute Gasteiger partial charge is 0.455 e. The van der Waals surface area contributed by atoms with Crippen LogP contribution in [-0.4, -0.2) is 88.6 Å². The number of esters is 1. The maximum Gasteiger partial charge on any atom is 0.313 e. The summed E-state index contributed by atoms with van der Waals surface area (Å²) in [5.74, 6) is -3.25. The molecule has 2 saturated heterocycles. The van der Waals surface area contributed by atoms with Gasteiger partial charge in [0.2, 0.25) is 17.7 Å². The fourth-order valence-corrected chi connectivity index (χ4v) is 7.33. The first kappa shape index (κ1) is 32.9. The van der Waals surface area contributed by atoms with E-state index < -0.39 is 47.7 Å². The molecule has 2 N–H and O–H groups in total. The molecule has 7 atom stereocenters. The number of nitrogens with one attached hydrogen (secondary N) is 1. The van der Waals surface area contributed by atoms with Gasteiger partial charge in [-0.05, 0) is 30.7 Å². The minimum Gasteiger partial charge on any atom is -0.455 e. The zero-order valence-electron chi connectivity index (χ0n) is 26.6. The molecule has 0 saturated carbocycles. The van der Waals surface area contributed by atoms with Gasteiger partial charge in [-0.15, -0.1) is 0 Å². The fraction of sp³-hybridized carbons (Fsp3) is 0.600. The summed E-state index contributed by atoms with van der Waals surface area (Å²) < 4.78 is 12.6. The highest BCUT2D eigenvalue weighted by atomic mass is 16.6. The van der Waals surface area contributed by atoms with Gasteiger partial charge >= 0.3 is 5.97 Å². The maximum atomic E-state index is 14.7. The van der Waals surface area contributed by atoms with Crippen molar-refractivity contribution in [1.82, 2.24) is 15.1 Å². The van der Waals surface area contributed by atoms with Gasteiger partial charge in [-0.25, -0.2) is 0 Å². The van der Waals surface area contributed by atoms with Crippen LogP contribution in [0.1, 0.15) is 71.0 Å². The third-order valence-corrected chi connectivity index (χ3v) is 9.45. The summed E-state index contributed by atoms with van der Waals surface area (Å²) in [5, 5.41) is 13.5. The van der Waals surface area contributed by atoms with E-state index in [9.17, 15) is 24.3 Å². The summed E-state index contributed by atoms with van der Waals surface area (Å²) in [6, 6.07) is 7.53. The third kappa shape index (κ3) is 6.58. The van der Waals surface area contributed by atoms with Crippen molar-refractivity contribution in [2.24, 2.45) is 17.8 Å². The number of nitrogens with zero attached hydrogens (tertiary/aromatic N) is 2. The molecule has 5 bridgehead atoms. The van der Waals surface area contributed by atoms with Crippen LogP contribution in [0, 0.1) is 17.8 Å². The van der Waals surface area contributed by atoms with Gasteiger partial charge < -0.3 is 29.7 Å². The van der Waals surface area contributed by atoms with Crippen molar-refractivity contribution in [3.05, 3.63) is 60.2 Å². The number of unbranched alkanes of at least 4 members (excludes halogenated alkanes) is 2. The quantitative estimate of drug-likeness (QED) is 0.246. The van der Waals surface area contributed by atoms with Gasteiger partial charge in [0.05, 0.1) is 31.2 Å². The Bertz CT molecular complexity index is 1300. The molecule has 2 fully saturated rings. The maximum absolute atomic E-state index is 14.7. The minimum absolute atomic E-state index is 0.0789. The smallest absolute Gasteiger partial charge is 0.313 e. The van der Waals surface area contributed by atoms with Crippen molar-refractivity contribution in [3.63, 3.8) is 0 Å². The Balaban J connectivity index is 1.57. The number of carbonyl (C=O) groups is 4. The van der Waals surface area contributed by atoms with Gasteiger partial charge in [0.1, 0.15) is 23.7 Å². The van der Waals surface area contributed by atoms with Crippen LogP contribution in [0.4, 0.5) is 0 Å². The van der Waals surface area contributed by atoms with Gasteiger partial charge in [-0.2, -0.15) is 0 Å². The van der Waals surface area contributed by atoms with Crippen molar-refractivity contribution in [3.8, 4) is 0 Å². The predicted molar refractivity (Wildman–Crippen MR) is 167 cm³/mol. The van der Waals surface area contributed by atoms with Gasteiger partial charge in [0.25, 0.3) is 0 Å². The standard InChI is InChI=1S/C35H47N3O7/c1-4-5-11-18-37-19-12-7-10-15-28(40)36-21-27(24-13-8-6-9-14-24)44-34(43)29-26-16-17-35(45-26)30(29)32(41)38(31(35)33(37)42)25(22-39)20-23(2)3/h6-9,12-14,16-17,23,25-27,29-31,39H,4-5,10-11,15,18-22H2,1-3H3,(H,36,40)/b12-7-/t25-,26-,27-,29+,30+,31-,35+/m1/s1. The average molecular weight is 622 g/mol. The Kier molecular flexibility index (Phi) is 10.4. The van der Waals surface area contributed by atoms with Crippen molar-refractivity contribution in [2.45, 2.75) is 89.2 Å². The third-order valence-electron chi connectivity index (χ3n) is 9.45. The molecule has 0 aliphatic carbocycles. The van der Waals surface area contributed by atoms with Crippen LogP contribution in [0.5, 0.6) is 0 Å². The number of hydrogen-bond donors (Lipinski definition) is 2. The van der Waals surface area contributed by atoms with E-state index in [1.807, 2.05) is 56.3 Å². The first-order valence-electron chi connectivity index (χ1n) is 16.5. The first-order valence-corrected chi connectivity index (χ1v) is 16.5.